The number of hydrogen-bond acceptors (Lipinski definition) is 3. The summed E-state index contributed by atoms with van der Waals surface area (Å²) < 4.78 is 13.2. The highest BCUT2D eigenvalue weighted by Gasteiger charge is 2.00. The topological polar surface area (TPSA) is 20.2 Å². The highest BCUT2D eigenvalue weighted by atomic mass is 32.2. The van der Waals surface area contributed by atoms with Crippen molar-refractivity contribution in [2.75, 3.05) is 23.9 Å². The Bertz CT molecular complexity index is 281. The zero-order valence-corrected chi connectivity index (χ0v) is 10.1. The predicted octanol–water partition coefficient (Wildman–Crippen LogP) is 3.03. The van der Waals surface area contributed by atoms with Crippen LogP contribution in [0.4, 0.5) is 4.39 Å². The second-order valence-electron chi connectivity index (χ2n) is 2.97. The Kier molecular flexibility index (Phi) is 6.88. The Hall–Kier alpha value is -0.190. The molecule has 0 aliphatic rings. The first-order valence-electron chi connectivity index (χ1n) is 4.90. The van der Waals surface area contributed by atoms with Gasteiger partial charge in [0, 0.05) is 23.0 Å². The Labute approximate surface area is 98.5 Å². The van der Waals surface area contributed by atoms with Crippen LogP contribution in [0.15, 0.2) is 29.2 Å². The average Bonchev–Trinajstić information content (AvgIpc) is 2.25. The van der Waals surface area contributed by atoms with Crippen molar-refractivity contribution < 1.29 is 9.50 Å². The summed E-state index contributed by atoms with van der Waals surface area (Å²) in [5, 5.41) is 8.57. The smallest absolute Gasteiger partial charge is 0.136 e. The third-order valence-electron chi connectivity index (χ3n) is 1.77. The lowest BCUT2D eigenvalue weighted by Gasteiger charge is -2.02. The summed E-state index contributed by atoms with van der Waals surface area (Å²) in [5.41, 5.74) is 0. The van der Waals surface area contributed by atoms with Gasteiger partial charge in [-0.25, -0.2) is 4.39 Å². The van der Waals surface area contributed by atoms with Gasteiger partial charge in [-0.3, -0.25) is 0 Å². The minimum Gasteiger partial charge on any atom is -0.396 e. The second-order valence-corrected chi connectivity index (χ2v) is 5.33. The first kappa shape index (κ1) is 12.9. The Balaban J connectivity index is 2.12. The standard InChI is InChI=1S/C11H15FOS2/c12-10-4-1-2-5-11(10)15-9-8-14-7-3-6-13/h1-2,4-5,13H,3,6-9H2. The molecule has 0 saturated heterocycles. The quantitative estimate of drug-likeness (QED) is 0.590. The van der Waals surface area contributed by atoms with Crippen molar-refractivity contribution in [3.63, 3.8) is 0 Å². The fraction of sp³-hybridized carbons (Fsp3) is 0.455. The maximum absolute atomic E-state index is 13.2. The fourth-order valence-electron chi connectivity index (χ4n) is 1.04. The number of benzene rings is 1. The Morgan fingerprint density at radius 1 is 1.13 bits per heavy atom. The van der Waals surface area contributed by atoms with Gasteiger partial charge >= 0.3 is 0 Å². The van der Waals surface area contributed by atoms with Crippen LogP contribution < -0.4 is 0 Å². The van der Waals surface area contributed by atoms with E-state index >= 15 is 0 Å². The van der Waals surface area contributed by atoms with Crippen LogP contribution in [0.25, 0.3) is 0 Å². The molecule has 4 heteroatoms. The van der Waals surface area contributed by atoms with Crippen LogP contribution in [-0.2, 0) is 0 Å². The first-order valence-corrected chi connectivity index (χ1v) is 7.04. The lowest BCUT2D eigenvalue weighted by Crippen LogP contribution is -1.90. The van der Waals surface area contributed by atoms with Gasteiger partial charge in [-0.05, 0) is 24.3 Å². The maximum Gasteiger partial charge on any atom is 0.136 e. The molecule has 15 heavy (non-hydrogen) atoms. The highest BCUT2D eigenvalue weighted by molar-refractivity contribution is 8.02. The van der Waals surface area contributed by atoms with Crippen molar-refractivity contribution >= 4 is 23.5 Å². The molecule has 0 fully saturated rings. The molecule has 0 aliphatic carbocycles. The molecule has 0 aliphatic heterocycles. The average molecular weight is 246 g/mol. The SMILES string of the molecule is OCCCSCCSc1ccccc1F. The molecule has 0 spiro atoms. The minimum absolute atomic E-state index is 0.136. The molecule has 0 heterocycles. The van der Waals surface area contributed by atoms with Gasteiger partial charge in [0.2, 0.25) is 0 Å². The van der Waals surface area contributed by atoms with Gasteiger partial charge in [-0.2, -0.15) is 11.8 Å². The summed E-state index contributed by atoms with van der Waals surface area (Å²) >= 11 is 3.35. The molecule has 0 bridgehead atoms. The zero-order chi connectivity index (χ0) is 10.9. The molecule has 84 valence electrons. The van der Waals surface area contributed by atoms with Gasteiger partial charge in [0.15, 0.2) is 0 Å². The van der Waals surface area contributed by atoms with Gasteiger partial charge in [0.25, 0.3) is 0 Å². The van der Waals surface area contributed by atoms with E-state index in [1.807, 2.05) is 6.07 Å². The van der Waals surface area contributed by atoms with Crippen molar-refractivity contribution in [1.82, 2.24) is 0 Å². The van der Waals surface area contributed by atoms with Crippen LogP contribution in [0.2, 0.25) is 0 Å². The van der Waals surface area contributed by atoms with Crippen molar-refractivity contribution in [3.8, 4) is 0 Å². The summed E-state index contributed by atoms with van der Waals surface area (Å²) in [6.45, 7) is 0.257. The molecule has 0 radical (unpaired) electrons. The number of rotatable bonds is 7. The van der Waals surface area contributed by atoms with E-state index in [2.05, 4.69) is 0 Å². The lowest BCUT2D eigenvalue weighted by molar-refractivity contribution is 0.296. The molecule has 0 amide bonds. The number of hydrogen-bond donors (Lipinski definition) is 1. The van der Waals surface area contributed by atoms with Crippen LogP contribution in [0.3, 0.4) is 0 Å². The van der Waals surface area contributed by atoms with E-state index in [1.54, 1.807) is 35.7 Å². The predicted molar refractivity (Wildman–Crippen MR) is 66.2 cm³/mol. The number of halogens is 1. The van der Waals surface area contributed by atoms with Gasteiger partial charge in [-0.15, -0.1) is 11.8 Å². The first-order chi connectivity index (χ1) is 7.34. The van der Waals surface area contributed by atoms with E-state index in [0.717, 1.165) is 28.6 Å². The van der Waals surface area contributed by atoms with Crippen LogP contribution >= 0.6 is 23.5 Å². The molecular formula is C11H15FOS2. The third kappa shape index (κ3) is 5.44. The second kappa shape index (κ2) is 8.02. The van der Waals surface area contributed by atoms with Crippen LogP contribution in [0, 0.1) is 5.82 Å². The molecule has 0 atom stereocenters. The summed E-state index contributed by atoms with van der Waals surface area (Å²) in [4.78, 5) is 0.722. The van der Waals surface area contributed by atoms with E-state index in [-0.39, 0.29) is 12.4 Å². The van der Waals surface area contributed by atoms with Crippen molar-refractivity contribution in [3.05, 3.63) is 30.1 Å². The molecule has 0 unspecified atom stereocenters. The molecule has 1 nitrogen and oxygen atoms in total. The van der Waals surface area contributed by atoms with E-state index < -0.39 is 0 Å². The summed E-state index contributed by atoms with van der Waals surface area (Å²) in [6, 6.07) is 6.85. The Morgan fingerprint density at radius 3 is 2.67 bits per heavy atom. The molecule has 1 aromatic rings. The van der Waals surface area contributed by atoms with Gasteiger partial charge in [-0.1, -0.05) is 12.1 Å². The largest absolute Gasteiger partial charge is 0.396 e. The normalized spacial score (nSPS) is 10.5. The maximum atomic E-state index is 13.2. The molecule has 0 aromatic heterocycles. The lowest BCUT2D eigenvalue weighted by atomic mass is 10.3. The van der Waals surface area contributed by atoms with E-state index in [0.29, 0.717) is 0 Å². The monoisotopic (exact) mass is 246 g/mol. The van der Waals surface area contributed by atoms with Crippen LogP contribution in [0.5, 0.6) is 0 Å². The third-order valence-corrected chi connectivity index (χ3v) is 4.15. The van der Waals surface area contributed by atoms with E-state index in [1.165, 1.54) is 6.07 Å². The van der Waals surface area contributed by atoms with Crippen molar-refractivity contribution in [2.45, 2.75) is 11.3 Å². The fourth-order valence-corrected chi connectivity index (χ4v) is 2.98. The van der Waals surface area contributed by atoms with Crippen molar-refractivity contribution in [1.29, 1.82) is 0 Å². The minimum atomic E-state index is -0.136. The van der Waals surface area contributed by atoms with Crippen LogP contribution in [-0.4, -0.2) is 29.0 Å². The van der Waals surface area contributed by atoms with Crippen LogP contribution in [0.1, 0.15) is 6.42 Å². The number of aliphatic hydroxyl groups is 1. The summed E-state index contributed by atoms with van der Waals surface area (Å²) in [6.07, 6.45) is 0.842. The summed E-state index contributed by atoms with van der Waals surface area (Å²) in [5.74, 6) is 2.76. The highest BCUT2D eigenvalue weighted by Crippen LogP contribution is 2.22. The molecule has 1 rings (SSSR count). The summed E-state index contributed by atoms with van der Waals surface area (Å²) in [7, 11) is 0. The van der Waals surface area contributed by atoms with Gasteiger partial charge < -0.3 is 5.11 Å². The molecule has 0 saturated carbocycles. The number of thioether (sulfide) groups is 2. The molecular weight excluding hydrogens is 231 g/mol. The molecule has 1 N–H and O–H groups in total. The van der Waals surface area contributed by atoms with Gasteiger partial charge in [0.05, 0.1) is 0 Å². The zero-order valence-electron chi connectivity index (χ0n) is 8.49. The van der Waals surface area contributed by atoms with Crippen molar-refractivity contribution in [2.24, 2.45) is 0 Å². The van der Waals surface area contributed by atoms with E-state index in [4.69, 9.17) is 5.11 Å². The number of aliphatic hydroxyl groups excluding tert-OH is 1. The van der Waals surface area contributed by atoms with Gasteiger partial charge in [0.1, 0.15) is 5.82 Å². The van der Waals surface area contributed by atoms with E-state index in [9.17, 15) is 4.39 Å². The Morgan fingerprint density at radius 2 is 1.93 bits per heavy atom. The molecule has 1 aromatic carbocycles.